The molecule has 3 N–H and O–H groups in total. The molecule has 1 amide bonds. The van der Waals surface area contributed by atoms with E-state index < -0.39 is 11.9 Å². The largest absolute Gasteiger partial charge is 0.361 e. The Balaban J connectivity index is 1.75. The number of nitrogens with one attached hydrogen (secondary N) is 2. The molecule has 0 aliphatic carbocycles. The van der Waals surface area contributed by atoms with Gasteiger partial charge in [-0.05, 0) is 54.1 Å². The predicted octanol–water partition coefficient (Wildman–Crippen LogP) is 4.38. The molecule has 1 atom stereocenters. The highest BCUT2D eigenvalue weighted by Crippen LogP contribution is 2.27. The van der Waals surface area contributed by atoms with Gasteiger partial charge >= 0.3 is 0 Å². The highest BCUT2D eigenvalue weighted by Gasteiger charge is 2.31. The van der Waals surface area contributed by atoms with Gasteiger partial charge in [0.2, 0.25) is 0 Å². The van der Waals surface area contributed by atoms with E-state index >= 15 is 0 Å². The molecule has 0 aliphatic heterocycles. The second kappa shape index (κ2) is 9.80. The summed E-state index contributed by atoms with van der Waals surface area (Å²) in [4.78, 5) is 20.8. The van der Waals surface area contributed by atoms with Gasteiger partial charge in [0.1, 0.15) is 18.3 Å². The molecule has 0 saturated carbocycles. The summed E-state index contributed by atoms with van der Waals surface area (Å²) in [5.41, 5.74) is 4.92. The number of hydroxylamine groups is 1. The van der Waals surface area contributed by atoms with Crippen LogP contribution >= 0.6 is 12.2 Å². The standard InChI is InChI=1S/C21H25N3O4S/c1-14(2)20(21(25)23-26)24(29-28-27-18-7-4-15(3)5-8-18)13-16-6-9-19-17(12-16)10-11-22-19/h4-12,14,20,22,26H,13H2,1-3H3,(H,23,25)/t20-/m1/s1. The van der Waals surface area contributed by atoms with E-state index in [0.717, 1.165) is 34.3 Å². The van der Waals surface area contributed by atoms with E-state index in [0.29, 0.717) is 12.3 Å². The molecule has 0 unspecified atom stereocenters. The molecule has 0 aliphatic rings. The Kier molecular flexibility index (Phi) is 7.16. The van der Waals surface area contributed by atoms with Crippen molar-refractivity contribution in [3.8, 4) is 5.75 Å². The van der Waals surface area contributed by atoms with Crippen LogP contribution in [0.1, 0.15) is 25.0 Å². The number of aromatic amines is 1. The number of hydrogen-bond acceptors (Lipinski definition) is 6. The number of benzene rings is 2. The van der Waals surface area contributed by atoms with Crippen molar-refractivity contribution in [1.29, 1.82) is 0 Å². The van der Waals surface area contributed by atoms with Crippen LogP contribution in [0, 0.1) is 12.8 Å². The lowest BCUT2D eigenvalue weighted by atomic mass is 10.0. The maximum absolute atomic E-state index is 12.3. The zero-order chi connectivity index (χ0) is 20.8. The van der Waals surface area contributed by atoms with Crippen LogP contribution in [0.25, 0.3) is 10.9 Å². The van der Waals surface area contributed by atoms with E-state index in [1.807, 2.05) is 57.3 Å². The van der Waals surface area contributed by atoms with Crippen LogP contribution in [-0.2, 0) is 15.7 Å². The van der Waals surface area contributed by atoms with E-state index in [4.69, 9.17) is 9.22 Å². The lowest BCUT2D eigenvalue weighted by Crippen LogP contribution is -2.46. The molecule has 3 rings (SSSR count). The number of rotatable bonds is 9. The fraction of sp³-hybridized carbons (Fsp3) is 0.286. The molecular formula is C21H25N3O4S. The van der Waals surface area contributed by atoms with E-state index in [1.165, 1.54) is 0 Å². The minimum atomic E-state index is -0.631. The lowest BCUT2D eigenvalue weighted by molar-refractivity contribution is -0.135. The summed E-state index contributed by atoms with van der Waals surface area (Å²) in [6, 6.07) is 14.8. The minimum absolute atomic E-state index is 0.0754. The molecule has 7 nitrogen and oxygen atoms in total. The number of fused-ring (bicyclic) bond motifs is 1. The van der Waals surface area contributed by atoms with Crippen molar-refractivity contribution in [2.45, 2.75) is 33.4 Å². The monoisotopic (exact) mass is 415 g/mol. The lowest BCUT2D eigenvalue weighted by Gasteiger charge is -2.30. The molecule has 0 bridgehead atoms. The van der Waals surface area contributed by atoms with E-state index in [-0.39, 0.29) is 5.92 Å². The van der Waals surface area contributed by atoms with Crippen LogP contribution in [0.2, 0.25) is 0 Å². The zero-order valence-corrected chi connectivity index (χ0v) is 17.4. The molecule has 0 spiro atoms. The molecule has 29 heavy (non-hydrogen) atoms. The molecule has 0 radical (unpaired) electrons. The van der Waals surface area contributed by atoms with Gasteiger partial charge in [-0.25, -0.2) is 9.79 Å². The molecule has 3 aromatic rings. The van der Waals surface area contributed by atoms with Crippen LogP contribution in [-0.4, -0.2) is 26.4 Å². The van der Waals surface area contributed by atoms with Crippen LogP contribution in [0.3, 0.4) is 0 Å². The summed E-state index contributed by atoms with van der Waals surface area (Å²) >= 11 is 0.934. The third-order valence-corrected chi connectivity index (χ3v) is 5.23. The summed E-state index contributed by atoms with van der Waals surface area (Å²) < 4.78 is 7.12. The van der Waals surface area contributed by atoms with Crippen molar-refractivity contribution < 1.29 is 19.2 Å². The Hall–Kier alpha value is -2.52. The normalized spacial score (nSPS) is 12.5. The fourth-order valence-electron chi connectivity index (χ4n) is 3.07. The van der Waals surface area contributed by atoms with Crippen molar-refractivity contribution >= 4 is 29.0 Å². The van der Waals surface area contributed by atoms with Gasteiger partial charge in [0, 0.05) is 18.3 Å². The number of aryl methyl sites for hydroxylation is 1. The summed E-state index contributed by atoms with van der Waals surface area (Å²) in [7, 11) is 0. The Morgan fingerprint density at radius 2 is 1.97 bits per heavy atom. The second-order valence-electron chi connectivity index (χ2n) is 7.18. The second-order valence-corrected chi connectivity index (χ2v) is 7.93. The van der Waals surface area contributed by atoms with Gasteiger partial charge in [-0.15, -0.1) is 0 Å². The average Bonchev–Trinajstić information content (AvgIpc) is 3.17. The van der Waals surface area contributed by atoms with Crippen LogP contribution in [0.5, 0.6) is 5.75 Å². The van der Waals surface area contributed by atoms with Gasteiger partial charge in [0.05, 0.1) is 0 Å². The third-order valence-electron chi connectivity index (χ3n) is 4.55. The third kappa shape index (κ3) is 5.51. The number of aromatic nitrogens is 1. The Morgan fingerprint density at radius 3 is 2.66 bits per heavy atom. The number of carbonyl (C=O) groups excluding carboxylic acids is 1. The van der Waals surface area contributed by atoms with Gasteiger partial charge in [-0.2, -0.15) is 0 Å². The Bertz CT molecular complexity index is 943. The van der Waals surface area contributed by atoms with E-state index in [2.05, 4.69) is 11.1 Å². The molecule has 8 heteroatoms. The number of nitrogens with zero attached hydrogens (tertiary/aromatic N) is 1. The van der Waals surface area contributed by atoms with Gasteiger partial charge in [-0.1, -0.05) is 41.9 Å². The molecule has 1 aromatic heterocycles. The molecular weight excluding hydrogens is 390 g/mol. The van der Waals surface area contributed by atoms with Crippen molar-refractivity contribution in [1.82, 2.24) is 14.8 Å². The smallest absolute Gasteiger partial charge is 0.261 e. The van der Waals surface area contributed by atoms with Crippen LogP contribution in [0.4, 0.5) is 0 Å². The predicted molar refractivity (Wildman–Crippen MR) is 113 cm³/mol. The quantitative estimate of drug-likeness (QED) is 0.158. The van der Waals surface area contributed by atoms with Gasteiger partial charge < -0.3 is 9.87 Å². The summed E-state index contributed by atoms with van der Waals surface area (Å²) in [6.07, 6.45) is 1.88. The first kappa shape index (κ1) is 21.2. The molecule has 0 fully saturated rings. The first-order valence-electron chi connectivity index (χ1n) is 9.32. The number of H-pyrrole nitrogens is 1. The number of amides is 1. The molecule has 1 heterocycles. The SMILES string of the molecule is Cc1ccc(OOSN(Cc2ccc3[nH]ccc3c2)[C@@H](C(=O)NO)C(C)C)cc1. The van der Waals surface area contributed by atoms with Crippen LogP contribution in [0.15, 0.2) is 54.7 Å². The Labute approximate surface area is 174 Å². The van der Waals surface area contributed by atoms with Crippen molar-refractivity contribution in [2.75, 3.05) is 0 Å². The summed E-state index contributed by atoms with van der Waals surface area (Å²) in [5.74, 6) is -0.0210. The van der Waals surface area contributed by atoms with Crippen molar-refractivity contribution in [3.63, 3.8) is 0 Å². The maximum atomic E-state index is 12.3. The van der Waals surface area contributed by atoms with E-state index in [1.54, 1.807) is 21.9 Å². The topological polar surface area (TPSA) is 86.8 Å². The summed E-state index contributed by atoms with van der Waals surface area (Å²) in [5, 5.41) is 10.3. The average molecular weight is 416 g/mol. The van der Waals surface area contributed by atoms with Gasteiger partial charge in [0.15, 0.2) is 5.75 Å². The maximum Gasteiger partial charge on any atom is 0.261 e. The van der Waals surface area contributed by atoms with Crippen molar-refractivity contribution in [3.05, 3.63) is 65.9 Å². The number of carbonyl (C=O) groups is 1. The molecule has 154 valence electrons. The van der Waals surface area contributed by atoms with E-state index in [9.17, 15) is 10.0 Å². The molecule has 0 saturated heterocycles. The Morgan fingerprint density at radius 1 is 1.21 bits per heavy atom. The van der Waals surface area contributed by atoms with Gasteiger partial charge in [-0.3, -0.25) is 10.0 Å². The zero-order valence-electron chi connectivity index (χ0n) is 16.6. The molecule has 2 aromatic carbocycles. The minimum Gasteiger partial charge on any atom is -0.361 e. The first-order chi connectivity index (χ1) is 14.0. The van der Waals surface area contributed by atoms with Crippen LogP contribution < -0.4 is 10.4 Å². The van der Waals surface area contributed by atoms with Gasteiger partial charge in [0.25, 0.3) is 5.91 Å². The first-order valence-corrected chi connectivity index (χ1v) is 10.0. The van der Waals surface area contributed by atoms with Crippen molar-refractivity contribution in [2.24, 2.45) is 5.92 Å². The number of hydrogen-bond donors (Lipinski definition) is 3. The highest BCUT2D eigenvalue weighted by atomic mass is 32.2. The highest BCUT2D eigenvalue weighted by molar-refractivity contribution is 7.92. The fourth-order valence-corrected chi connectivity index (χ4v) is 3.89. The summed E-state index contributed by atoms with van der Waals surface area (Å²) in [6.45, 7) is 6.22.